The average molecular weight is 452 g/mol. The Morgan fingerprint density at radius 3 is 2.55 bits per heavy atom. The predicted molar refractivity (Wildman–Crippen MR) is 116 cm³/mol. The number of Topliss-reactive ketones (excluding diaryl/α,β-unsaturated/α-hetero) is 1. The summed E-state index contributed by atoms with van der Waals surface area (Å²) < 4.78 is 12.1. The van der Waals surface area contributed by atoms with Gasteiger partial charge in [-0.05, 0) is 56.6 Å². The van der Waals surface area contributed by atoms with E-state index in [9.17, 15) is 19.5 Å². The summed E-state index contributed by atoms with van der Waals surface area (Å²) in [6, 6.07) is 3.35. The minimum absolute atomic E-state index is 0.0162. The first-order valence-electron chi connectivity index (χ1n) is 12.5. The molecule has 4 fully saturated rings. The molecule has 2 bridgehead atoms. The Kier molecular flexibility index (Phi) is 3.99. The van der Waals surface area contributed by atoms with E-state index in [1.165, 1.54) is 0 Å². The lowest BCUT2D eigenvalue weighted by Crippen LogP contribution is -2.77. The van der Waals surface area contributed by atoms with Gasteiger partial charge in [0.25, 0.3) is 0 Å². The summed E-state index contributed by atoms with van der Waals surface area (Å²) in [6.45, 7) is 0.514. The molecule has 4 atom stereocenters. The zero-order chi connectivity index (χ0) is 22.5. The van der Waals surface area contributed by atoms with E-state index >= 15 is 0 Å². The molecule has 6 aliphatic rings. The van der Waals surface area contributed by atoms with Gasteiger partial charge < -0.3 is 19.5 Å². The van der Waals surface area contributed by atoms with Crippen LogP contribution in [0.25, 0.3) is 0 Å². The third-order valence-electron chi connectivity index (χ3n) is 9.63. The van der Waals surface area contributed by atoms with Crippen LogP contribution in [0.4, 0.5) is 0 Å². The molecule has 1 amide bonds. The smallest absolute Gasteiger partial charge is 0.314 e. The van der Waals surface area contributed by atoms with Gasteiger partial charge in [0.1, 0.15) is 0 Å². The molecule has 1 aromatic rings. The third kappa shape index (κ3) is 2.37. The maximum absolute atomic E-state index is 13.3. The molecule has 0 aromatic heterocycles. The van der Waals surface area contributed by atoms with Crippen LogP contribution < -0.4 is 9.47 Å². The molecule has 2 aliphatic heterocycles. The Hall–Kier alpha value is -2.41. The van der Waals surface area contributed by atoms with E-state index in [-0.39, 0.29) is 42.0 Å². The topological polar surface area (TPSA) is 93.1 Å². The van der Waals surface area contributed by atoms with Crippen LogP contribution in [-0.2, 0) is 26.2 Å². The van der Waals surface area contributed by atoms with Crippen molar-refractivity contribution in [2.75, 3.05) is 6.54 Å². The van der Waals surface area contributed by atoms with Gasteiger partial charge in [-0.2, -0.15) is 0 Å². The summed E-state index contributed by atoms with van der Waals surface area (Å²) in [5.74, 6) is 0.693. The SMILES string of the molecule is O=C(Oc1ccc2c3c1O[C@H]1C(=O)CC[C@@]4(O)[C@@H](C2)N(C(=O)C2CCC2)CC[C@]314)C1CCC1. The quantitative estimate of drug-likeness (QED) is 0.561. The first-order valence-corrected chi connectivity index (χ1v) is 12.5. The van der Waals surface area contributed by atoms with Crippen LogP contribution in [-0.4, -0.2) is 52.0 Å². The second kappa shape index (κ2) is 6.59. The summed E-state index contributed by atoms with van der Waals surface area (Å²) in [6.07, 6.45) is 6.43. The molecule has 1 spiro atoms. The van der Waals surface area contributed by atoms with Gasteiger partial charge in [-0.15, -0.1) is 0 Å². The fourth-order valence-electron chi connectivity index (χ4n) is 7.39. The van der Waals surface area contributed by atoms with E-state index in [1.807, 2.05) is 11.0 Å². The van der Waals surface area contributed by atoms with Crippen molar-refractivity contribution < 1.29 is 29.0 Å². The molecule has 1 saturated heterocycles. The fraction of sp³-hybridized carbons (Fsp3) is 0.654. The zero-order valence-corrected chi connectivity index (χ0v) is 18.7. The number of ether oxygens (including phenoxy) is 2. The lowest BCUT2D eigenvalue weighted by Gasteiger charge is -2.62. The minimum Gasteiger partial charge on any atom is -0.477 e. The van der Waals surface area contributed by atoms with Gasteiger partial charge in [0.2, 0.25) is 5.91 Å². The molecule has 0 radical (unpaired) electrons. The summed E-state index contributed by atoms with van der Waals surface area (Å²) in [4.78, 5) is 40.9. The largest absolute Gasteiger partial charge is 0.477 e. The number of hydrogen-bond donors (Lipinski definition) is 1. The van der Waals surface area contributed by atoms with E-state index in [0.29, 0.717) is 37.3 Å². The average Bonchev–Trinajstić information content (AvgIpc) is 3.05. The second-order valence-electron chi connectivity index (χ2n) is 11.0. The van der Waals surface area contributed by atoms with Gasteiger partial charge in [0, 0.05) is 24.4 Å². The molecular weight excluding hydrogens is 422 g/mol. The van der Waals surface area contributed by atoms with Crippen LogP contribution in [0.3, 0.4) is 0 Å². The molecule has 4 aliphatic carbocycles. The molecule has 7 nitrogen and oxygen atoms in total. The maximum Gasteiger partial charge on any atom is 0.314 e. The lowest BCUT2D eigenvalue weighted by atomic mass is 9.49. The number of piperidine rings is 1. The number of carbonyl (C=O) groups is 3. The number of rotatable bonds is 3. The first kappa shape index (κ1) is 20.0. The molecule has 1 aromatic carbocycles. The van der Waals surface area contributed by atoms with Crippen molar-refractivity contribution in [2.45, 2.75) is 87.4 Å². The van der Waals surface area contributed by atoms with E-state index in [0.717, 1.165) is 49.7 Å². The molecule has 7 heteroatoms. The Morgan fingerprint density at radius 1 is 1.09 bits per heavy atom. The third-order valence-corrected chi connectivity index (χ3v) is 9.63. The van der Waals surface area contributed by atoms with Crippen LogP contribution in [0.15, 0.2) is 12.1 Å². The highest BCUT2D eigenvalue weighted by Crippen LogP contribution is 2.65. The fourth-order valence-corrected chi connectivity index (χ4v) is 7.39. The number of benzene rings is 1. The Morgan fingerprint density at radius 2 is 1.85 bits per heavy atom. The highest BCUT2D eigenvalue weighted by atomic mass is 16.6. The van der Waals surface area contributed by atoms with E-state index < -0.39 is 17.1 Å². The van der Waals surface area contributed by atoms with Gasteiger partial charge >= 0.3 is 5.97 Å². The molecule has 3 saturated carbocycles. The monoisotopic (exact) mass is 451 g/mol. The van der Waals surface area contributed by atoms with Gasteiger partial charge in [-0.25, -0.2) is 0 Å². The van der Waals surface area contributed by atoms with Crippen LogP contribution in [0, 0.1) is 11.8 Å². The summed E-state index contributed by atoms with van der Waals surface area (Å²) >= 11 is 0. The predicted octanol–water partition coefficient (Wildman–Crippen LogP) is 2.44. The van der Waals surface area contributed by atoms with E-state index in [4.69, 9.17) is 9.47 Å². The van der Waals surface area contributed by atoms with Crippen molar-refractivity contribution in [2.24, 2.45) is 11.8 Å². The minimum atomic E-state index is -1.22. The lowest BCUT2D eigenvalue weighted by molar-refractivity contribution is -0.195. The zero-order valence-electron chi connectivity index (χ0n) is 18.7. The van der Waals surface area contributed by atoms with Crippen LogP contribution >= 0.6 is 0 Å². The van der Waals surface area contributed by atoms with E-state index in [1.54, 1.807) is 6.07 Å². The van der Waals surface area contributed by atoms with Crippen molar-refractivity contribution in [3.05, 3.63) is 23.3 Å². The van der Waals surface area contributed by atoms with Crippen molar-refractivity contribution in [3.63, 3.8) is 0 Å². The first-order chi connectivity index (χ1) is 15.9. The summed E-state index contributed by atoms with van der Waals surface area (Å²) in [5.41, 5.74) is -0.274. The van der Waals surface area contributed by atoms with Crippen LogP contribution in [0.1, 0.15) is 68.9 Å². The Bertz CT molecular complexity index is 1090. The van der Waals surface area contributed by atoms with Gasteiger partial charge in [-0.1, -0.05) is 18.9 Å². The molecular formula is C26H29NO6. The normalized spacial score (nSPS) is 36.4. The highest BCUT2D eigenvalue weighted by molar-refractivity contribution is 5.91. The number of carbonyl (C=O) groups excluding carboxylic acids is 3. The van der Waals surface area contributed by atoms with Crippen molar-refractivity contribution in [1.29, 1.82) is 0 Å². The van der Waals surface area contributed by atoms with Crippen molar-refractivity contribution in [3.8, 4) is 11.5 Å². The second-order valence-corrected chi connectivity index (χ2v) is 11.0. The molecule has 33 heavy (non-hydrogen) atoms. The molecule has 7 rings (SSSR count). The van der Waals surface area contributed by atoms with Gasteiger partial charge in [-0.3, -0.25) is 14.4 Å². The summed E-state index contributed by atoms with van der Waals surface area (Å²) in [7, 11) is 0. The van der Waals surface area contributed by atoms with Crippen LogP contribution in [0.2, 0.25) is 0 Å². The number of amides is 1. The molecule has 174 valence electrons. The molecule has 1 N–H and O–H groups in total. The van der Waals surface area contributed by atoms with Gasteiger partial charge in [0.05, 0.1) is 23.0 Å². The summed E-state index contributed by atoms with van der Waals surface area (Å²) in [5, 5.41) is 12.3. The highest BCUT2D eigenvalue weighted by Gasteiger charge is 2.73. The number of likely N-dealkylation sites (tertiary alicyclic amines) is 1. The van der Waals surface area contributed by atoms with Crippen molar-refractivity contribution >= 4 is 17.7 Å². The number of nitrogens with zero attached hydrogens (tertiary/aromatic N) is 1. The number of hydrogen-bond acceptors (Lipinski definition) is 6. The Labute approximate surface area is 192 Å². The van der Waals surface area contributed by atoms with Crippen molar-refractivity contribution in [1.82, 2.24) is 4.90 Å². The molecule has 0 unspecified atom stereocenters. The standard InChI is InChI=1S/C26H29NO6/c28-17-9-10-26(31)19-13-16-7-8-18(32-24(30)15-5-2-6-15)21-20(16)25(26,22(17)33-21)11-12-27(19)23(29)14-3-1-4-14/h7-8,14-15,19,22,31H,1-6,9-13H2/t19-,22+,25+,26-/m1/s1. The van der Waals surface area contributed by atoms with Crippen LogP contribution in [0.5, 0.6) is 11.5 Å². The molecule has 2 heterocycles. The number of aliphatic hydroxyl groups is 1. The van der Waals surface area contributed by atoms with Gasteiger partial charge in [0.15, 0.2) is 23.4 Å². The van der Waals surface area contributed by atoms with E-state index in [2.05, 4.69) is 0 Å². The maximum atomic E-state index is 13.3. The Balaban J connectivity index is 1.34. The number of esters is 1. The number of ketones is 1.